The van der Waals surface area contributed by atoms with E-state index in [-0.39, 0.29) is 16.5 Å². The van der Waals surface area contributed by atoms with Gasteiger partial charge in [0.2, 0.25) is 0 Å². The van der Waals surface area contributed by atoms with Crippen LogP contribution in [0.25, 0.3) is 0 Å². The summed E-state index contributed by atoms with van der Waals surface area (Å²) in [5.74, 6) is -0.112. The third-order valence-electron chi connectivity index (χ3n) is 4.17. The summed E-state index contributed by atoms with van der Waals surface area (Å²) in [4.78, 5) is 17.5. The number of carbonyl (C=O) groups excluding carboxylic acids is 1. The molecule has 0 bridgehead atoms. The number of hydrogen-bond donors (Lipinski definition) is 0. The van der Waals surface area contributed by atoms with Gasteiger partial charge in [-0.3, -0.25) is 9.79 Å². The molecule has 2 unspecified atom stereocenters. The van der Waals surface area contributed by atoms with Gasteiger partial charge in [0.25, 0.3) is 10.0 Å². The summed E-state index contributed by atoms with van der Waals surface area (Å²) in [6.07, 6.45) is 1.46. The van der Waals surface area contributed by atoms with Gasteiger partial charge in [0.15, 0.2) is 5.78 Å². The van der Waals surface area contributed by atoms with Crippen LogP contribution < -0.4 is 0 Å². The van der Waals surface area contributed by atoms with Crippen LogP contribution >= 0.6 is 11.6 Å². The van der Waals surface area contributed by atoms with Gasteiger partial charge in [0.1, 0.15) is 11.9 Å². The third kappa shape index (κ3) is 3.86. The number of carbonyl (C=O) groups is 1. The van der Waals surface area contributed by atoms with E-state index in [0.717, 1.165) is 15.4 Å². The molecule has 0 aromatic heterocycles. The Hall–Kier alpha value is -1.66. The average Bonchev–Trinajstić information content (AvgIpc) is 2.79. The maximum absolute atomic E-state index is 13.4. The minimum absolute atomic E-state index is 0.112. The van der Waals surface area contributed by atoms with Crippen LogP contribution in [0.3, 0.4) is 0 Å². The Kier molecular flexibility index (Phi) is 5.69. The Morgan fingerprint density at radius 1 is 1.27 bits per heavy atom. The van der Waals surface area contributed by atoms with Crippen LogP contribution in [-0.2, 0) is 14.8 Å². The van der Waals surface area contributed by atoms with E-state index in [1.807, 2.05) is 6.92 Å². The number of aryl methyl sites for hydroxylation is 1. The van der Waals surface area contributed by atoms with Crippen LogP contribution in [0.4, 0.5) is 0 Å². The summed E-state index contributed by atoms with van der Waals surface area (Å²) in [5.41, 5.74) is 0.826. The van der Waals surface area contributed by atoms with Crippen molar-refractivity contribution in [2.75, 3.05) is 0 Å². The van der Waals surface area contributed by atoms with Crippen LogP contribution in [0.5, 0.6) is 0 Å². The molecule has 1 aromatic rings. The van der Waals surface area contributed by atoms with Crippen molar-refractivity contribution in [3.8, 4) is 0 Å². The molecule has 1 aliphatic rings. The molecule has 0 spiro atoms. The molecule has 0 fully saturated rings. The summed E-state index contributed by atoms with van der Waals surface area (Å²) in [5, 5.41) is -0.654. The highest BCUT2D eigenvalue weighted by Gasteiger charge is 2.51. The largest absolute Gasteiger partial charge is 0.292 e. The first-order valence-corrected chi connectivity index (χ1v) is 10.3. The number of hydrogen-bond acceptors (Lipinski definition) is 4. The summed E-state index contributed by atoms with van der Waals surface area (Å²) < 4.78 is 27.8. The van der Waals surface area contributed by atoms with E-state index >= 15 is 0 Å². The van der Waals surface area contributed by atoms with Crippen LogP contribution in [0.15, 0.2) is 45.8 Å². The summed E-state index contributed by atoms with van der Waals surface area (Å²) in [7, 11) is -3.98. The average molecular weight is 397 g/mol. The summed E-state index contributed by atoms with van der Waals surface area (Å²) >= 11 is 6.24. The fourth-order valence-electron chi connectivity index (χ4n) is 3.00. The van der Waals surface area contributed by atoms with E-state index in [9.17, 15) is 13.2 Å². The van der Waals surface area contributed by atoms with E-state index < -0.39 is 27.0 Å². The quantitative estimate of drug-likeness (QED) is 0.562. The molecule has 5 nitrogen and oxygen atoms in total. The van der Waals surface area contributed by atoms with E-state index in [4.69, 9.17) is 11.6 Å². The maximum atomic E-state index is 13.4. The minimum atomic E-state index is -3.98. The Balaban J connectivity index is 2.66. The smallest absolute Gasteiger partial charge is 0.266 e. The van der Waals surface area contributed by atoms with Crippen molar-refractivity contribution < 1.29 is 13.2 Å². The monoisotopic (exact) mass is 396 g/mol. The van der Waals surface area contributed by atoms with Gasteiger partial charge in [0, 0.05) is 0 Å². The van der Waals surface area contributed by atoms with Gasteiger partial charge in [-0.2, -0.15) is 0 Å². The number of benzene rings is 1. The lowest BCUT2D eigenvalue weighted by Gasteiger charge is -2.31. The minimum Gasteiger partial charge on any atom is -0.292 e. The molecule has 1 aromatic carbocycles. The van der Waals surface area contributed by atoms with Crippen molar-refractivity contribution in [2.45, 2.75) is 63.4 Å². The number of ketones is 1. The summed E-state index contributed by atoms with van der Waals surface area (Å²) in [6.45, 7) is 10.6. The van der Waals surface area contributed by atoms with Crippen molar-refractivity contribution in [1.29, 1.82) is 0 Å². The number of rotatable bonds is 5. The second-order valence-electron chi connectivity index (χ2n) is 7.38. The fourth-order valence-corrected chi connectivity index (χ4v) is 5.01. The van der Waals surface area contributed by atoms with Crippen LogP contribution in [0, 0.1) is 6.92 Å². The molecule has 7 heteroatoms. The molecule has 0 saturated heterocycles. The number of aliphatic imine (C=N–C) groups is 1. The zero-order valence-electron chi connectivity index (χ0n) is 15.9. The highest BCUT2D eigenvalue weighted by molar-refractivity contribution is 7.89. The molecule has 0 radical (unpaired) electrons. The van der Waals surface area contributed by atoms with Crippen LogP contribution in [0.1, 0.15) is 40.2 Å². The van der Waals surface area contributed by atoms with E-state index in [2.05, 4.69) is 4.99 Å². The van der Waals surface area contributed by atoms with Gasteiger partial charge in [-0.15, -0.1) is 11.6 Å². The Labute approximate surface area is 160 Å². The molecule has 0 saturated carbocycles. The highest BCUT2D eigenvalue weighted by Crippen LogP contribution is 2.35. The predicted molar refractivity (Wildman–Crippen MR) is 105 cm³/mol. The third-order valence-corrected chi connectivity index (χ3v) is 6.15. The van der Waals surface area contributed by atoms with Crippen molar-refractivity contribution in [1.82, 2.24) is 4.31 Å². The molecule has 2 rings (SSSR count). The zero-order valence-corrected chi connectivity index (χ0v) is 17.5. The predicted octanol–water partition coefficient (Wildman–Crippen LogP) is 3.71. The topological polar surface area (TPSA) is 66.8 Å². The Morgan fingerprint density at radius 3 is 2.27 bits per heavy atom. The van der Waals surface area contributed by atoms with Crippen LogP contribution in [0.2, 0.25) is 0 Å². The standard InChI is InChI=1S/C19H25ClN2O3S/c1-12(2)11-16(23)17-19(5,6)21-18(14(4)20)22(17)26(24,25)15-9-7-13(3)8-10-15/h7-11,14,17H,1-6H3. The number of alkyl halides is 1. The molecular formula is C19H25ClN2O3S. The molecule has 26 heavy (non-hydrogen) atoms. The SMILES string of the molecule is CC(C)=CC(=O)C1N(S(=O)(=O)c2ccc(C)cc2)C(C(C)Cl)=NC1(C)C. The van der Waals surface area contributed by atoms with Gasteiger partial charge in [-0.05, 0) is 59.8 Å². The lowest BCUT2D eigenvalue weighted by Crippen LogP contribution is -2.52. The zero-order chi connectivity index (χ0) is 19.9. The van der Waals surface area contributed by atoms with Crippen LogP contribution in [-0.4, -0.2) is 41.3 Å². The molecule has 0 N–H and O–H groups in total. The Bertz CT molecular complexity index is 865. The maximum Gasteiger partial charge on any atom is 0.266 e. The number of nitrogens with zero attached hydrogens (tertiary/aromatic N) is 2. The lowest BCUT2D eigenvalue weighted by molar-refractivity contribution is -0.118. The number of sulfonamides is 1. The molecule has 0 amide bonds. The fraction of sp³-hybridized carbons (Fsp3) is 0.474. The lowest BCUT2D eigenvalue weighted by atomic mass is 9.92. The van der Waals surface area contributed by atoms with Gasteiger partial charge in [-0.25, -0.2) is 12.7 Å². The number of halogens is 1. The Morgan fingerprint density at radius 2 is 1.81 bits per heavy atom. The van der Waals surface area contributed by atoms with E-state index in [0.29, 0.717) is 0 Å². The normalized spacial score (nSPS) is 20.5. The number of amidine groups is 1. The van der Waals surface area contributed by atoms with Gasteiger partial charge in [0.05, 0.1) is 15.8 Å². The molecule has 1 heterocycles. The van der Waals surface area contributed by atoms with Crippen molar-refractivity contribution in [3.05, 3.63) is 41.5 Å². The highest BCUT2D eigenvalue weighted by atomic mass is 35.5. The van der Waals surface area contributed by atoms with Gasteiger partial charge >= 0.3 is 0 Å². The van der Waals surface area contributed by atoms with E-state index in [1.165, 1.54) is 18.2 Å². The molecule has 1 aliphatic heterocycles. The first kappa shape index (κ1) is 20.6. The molecule has 0 aliphatic carbocycles. The van der Waals surface area contributed by atoms with Gasteiger partial charge < -0.3 is 0 Å². The molecule has 2 atom stereocenters. The first-order chi connectivity index (χ1) is 11.9. The first-order valence-electron chi connectivity index (χ1n) is 8.41. The summed E-state index contributed by atoms with van der Waals surface area (Å²) in [6, 6.07) is 5.55. The van der Waals surface area contributed by atoms with Crippen molar-refractivity contribution in [3.63, 3.8) is 0 Å². The number of allylic oxidation sites excluding steroid dienone is 1. The van der Waals surface area contributed by atoms with Crippen molar-refractivity contribution in [2.24, 2.45) is 4.99 Å². The second-order valence-corrected chi connectivity index (χ2v) is 9.85. The van der Waals surface area contributed by atoms with Gasteiger partial charge in [-0.1, -0.05) is 23.3 Å². The molecular weight excluding hydrogens is 372 g/mol. The second kappa shape index (κ2) is 7.16. The van der Waals surface area contributed by atoms with E-state index in [1.54, 1.807) is 46.8 Å². The van der Waals surface area contributed by atoms with Crippen molar-refractivity contribution >= 4 is 33.2 Å². The molecule has 142 valence electrons.